The molecule has 1 rings (SSSR count). The first kappa shape index (κ1) is 7.92. The highest BCUT2D eigenvalue weighted by atomic mass is 32.2. The summed E-state index contributed by atoms with van der Waals surface area (Å²) < 4.78 is 4.87. The van der Waals surface area contributed by atoms with Crippen molar-refractivity contribution in [3.05, 3.63) is 0 Å². The van der Waals surface area contributed by atoms with E-state index in [1.807, 2.05) is 18.7 Å². The Hall–Kier alpha value is -0.180. The lowest BCUT2D eigenvalue weighted by Gasteiger charge is -2.05. The summed E-state index contributed by atoms with van der Waals surface area (Å²) >= 11 is 1.84. The van der Waals surface area contributed by atoms with Crippen molar-refractivity contribution in [2.24, 2.45) is 5.92 Å². The van der Waals surface area contributed by atoms with Crippen LogP contribution in [-0.2, 0) is 9.53 Å². The van der Waals surface area contributed by atoms with Crippen molar-refractivity contribution in [1.82, 2.24) is 0 Å². The minimum absolute atomic E-state index is 0.00694. The Balaban J connectivity index is 2.25. The van der Waals surface area contributed by atoms with E-state index in [1.54, 1.807) is 0 Å². The van der Waals surface area contributed by atoms with E-state index < -0.39 is 0 Å². The predicted molar refractivity (Wildman–Crippen MR) is 42.1 cm³/mol. The molecule has 2 nitrogen and oxygen atoms in total. The first-order chi connectivity index (χ1) is 4.84. The molecule has 0 aromatic heterocycles. The molecule has 0 aromatic rings. The second-order valence-corrected chi connectivity index (χ2v) is 3.46. The van der Waals surface area contributed by atoms with E-state index in [0.29, 0.717) is 6.61 Å². The third kappa shape index (κ3) is 1.90. The number of ether oxygens (including phenoxy) is 1. The zero-order valence-electron chi connectivity index (χ0n) is 6.13. The zero-order chi connectivity index (χ0) is 7.40. The maximum atomic E-state index is 11.0. The summed E-state index contributed by atoms with van der Waals surface area (Å²) in [5.41, 5.74) is 0. The summed E-state index contributed by atoms with van der Waals surface area (Å²) in [4.78, 5) is 11.0. The highest BCUT2D eigenvalue weighted by molar-refractivity contribution is 7.99. The Morgan fingerprint density at radius 2 is 2.60 bits per heavy atom. The van der Waals surface area contributed by atoms with Gasteiger partial charge < -0.3 is 4.74 Å². The third-order valence-corrected chi connectivity index (χ3v) is 2.71. The van der Waals surface area contributed by atoms with Crippen molar-refractivity contribution >= 4 is 17.7 Å². The second kappa shape index (κ2) is 3.86. The molecule has 10 heavy (non-hydrogen) atoms. The third-order valence-electron chi connectivity index (χ3n) is 1.55. The fourth-order valence-electron chi connectivity index (χ4n) is 0.981. The maximum Gasteiger partial charge on any atom is 0.309 e. The fourth-order valence-corrected chi connectivity index (χ4v) is 2.19. The monoisotopic (exact) mass is 160 g/mol. The molecule has 1 fully saturated rings. The molecule has 1 unspecified atom stereocenters. The van der Waals surface area contributed by atoms with Gasteiger partial charge in [-0.15, -0.1) is 0 Å². The molecule has 1 aliphatic heterocycles. The molecule has 1 saturated heterocycles. The number of carbonyl (C=O) groups excluding carboxylic acids is 1. The van der Waals surface area contributed by atoms with E-state index in [2.05, 4.69) is 0 Å². The summed E-state index contributed by atoms with van der Waals surface area (Å²) in [7, 11) is 0. The van der Waals surface area contributed by atoms with Gasteiger partial charge in [0.05, 0.1) is 12.5 Å². The molecule has 0 saturated carbocycles. The summed E-state index contributed by atoms with van der Waals surface area (Å²) in [6, 6.07) is 0. The minimum Gasteiger partial charge on any atom is -0.466 e. The zero-order valence-corrected chi connectivity index (χ0v) is 6.95. The minimum atomic E-state index is -0.00694. The molecule has 0 aliphatic carbocycles. The van der Waals surface area contributed by atoms with Crippen molar-refractivity contribution in [3.63, 3.8) is 0 Å². The van der Waals surface area contributed by atoms with E-state index >= 15 is 0 Å². The molecule has 0 amide bonds. The Bertz CT molecular complexity index is 119. The van der Waals surface area contributed by atoms with Crippen LogP contribution in [0, 0.1) is 5.92 Å². The van der Waals surface area contributed by atoms with Crippen molar-refractivity contribution in [2.45, 2.75) is 13.3 Å². The van der Waals surface area contributed by atoms with E-state index in [1.165, 1.54) is 0 Å². The Morgan fingerprint density at radius 3 is 3.10 bits per heavy atom. The van der Waals surface area contributed by atoms with Gasteiger partial charge in [0.25, 0.3) is 0 Å². The summed E-state index contributed by atoms with van der Waals surface area (Å²) in [5.74, 6) is 2.25. The van der Waals surface area contributed by atoms with Gasteiger partial charge in [0.1, 0.15) is 0 Å². The van der Waals surface area contributed by atoms with Crippen LogP contribution in [0.2, 0.25) is 0 Å². The highest BCUT2D eigenvalue weighted by Gasteiger charge is 2.23. The summed E-state index contributed by atoms with van der Waals surface area (Å²) in [5, 5.41) is 0. The molecule has 58 valence electrons. The SMILES string of the molecule is CCOC(=O)C1CCSC1. The van der Waals surface area contributed by atoms with Gasteiger partial charge in [-0.1, -0.05) is 0 Å². The molecule has 1 aliphatic rings. The number of rotatable bonds is 2. The number of esters is 1. The topological polar surface area (TPSA) is 26.3 Å². The Kier molecular flexibility index (Phi) is 3.06. The lowest BCUT2D eigenvalue weighted by molar-refractivity contribution is -0.147. The van der Waals surface area contributed by atoms with Crippen LogP contribution < -0.4 is 0 Å². The van der Waals surface area contributed by atoms with E-state index in [4.69, 9.17) is 4.74 Å². The molecule has 0 spiro atoms. The number of carbonyl (C=O) groups is 1. The van der Waals surface area contributed by atoms with Crippen LogP contribution in [-0.4, -0.2) is 24.1 Å². The van der Waals surface area contributed by atoms with E-state index in [-0.39, 0.29) is 11.9 Å². The molecule has 1 heterocycles. The van der Waals surface area contributed by atoms with Crippen molar-refractivity contribution in [2.75, 3.05) is 18.1 Å². The quantitative estimate of drug-likeness (QED) is 0.570. The molecule has 0 aromatic carbocycles. The maximum absolute atomic E-state index is 11.0. The molecular weight excluding hydrogens is 148 g/mol. The normalized spacial score (nSPS) is 24.7. The summed E-state index contributed by atoms with van der Waals surface area (Å²) in [6.07, 6.45) is 1.00. The van der Waals surface area contributed by atoms with Crippen molar-refractivity contribution < 1.29 is 9.53 Å². The average molecular weight is 160 g/mol. The summed E-state index contributed by atoms with van der Waals surface area (Å²) in [6.45, 7) is 2.36. The van der Waals surface area contributed by atoms with Gasteiger partial charge in [-0.2, -0.15) is 11.8 Å². The molecule has 1 atom stereocenters. The highest BCUT2D eigenvalue weighted by Crippen LogP contribution is 2.24. The van der Waals surface area contributed by atoms with Gasteiger partial charge in [0.15, 0.2) is 0 Å². The molecule has 0 bridgehead atoms. The molecular formula is C7H12O2S. The first-order valence-electron chi connectivity index (χ1n) is 3.59. The molecule has 0 N–H and O–H groups in total. The lowest BCUT2D eigenvalue weighted by Crippen LogP contribution is -2.16. The fraction of sp³-hybridized carbons (Fsp3) is 0.857. The largest absolute Gasteiger partial charge is 0.466 e. The van der Waals surface area contributed by atoms with Crippen LogP contribution in [0.1, 0.15) is 13.3 Å². The van der Waals surface area contributed by atoms with Crippen LogP contribution >= 0.6 is 11.8 Å². The molecule has 0 radical (unpaired) electrons. The first-order valence-corrected chi connectivity index (χ1v) is 4.74. The van der Waals surface area contributed by atoms with Crippen LogP contribution in [0.3, 0.4) is 0 Å². The van der Waals surface area contributed by atoms with Crippen LogP contribution in [0.25, 0.3) is 0 Å². The second-order valence-electron chi connectivity index (χ2n) is 2.31. The van der Waals surface area contributed by atoms with E-state index in [9.17, 15) is 4.79 Å². The van der Waals surface area contributed by atoms with Crippen molar-refractivity contribution in [3.8, 4) is 0 Å². The lowest BCUT2D eigenvalue weighted by atomic mass is 10.1. The standard InChI is InChI=1S/C7H12O2S/c1-2-9-7(8)6-3-4-10-5-6/h6H,2-5H2,1H3. The van der Waals surface area contributed by atoms with Gasteiger partial charge in [-0.25, -0.2) is 0 Å². The van der Waals surface area contributed by atoms with Gasteiger partial charge in [-0.05, 0) is 19.1 Å². The van der Waals surface area contributed by atoms with Gasteiger partial charge >= 0.3 is 5.97 Å². The van der Waals surface area contributed by atoms with Crippen LogP contribution in [0.5, 0.6) is 0 Å². The molecule has 3 heteroatoms. The Morgan fingerprint density at radius 1 is 1.80 bits per heavy atom. The Labute approximate surface area is 65.3 Å². The van der Waals surface area contributed by atoms with E-state index in [0.717, 1.165) is 17.9 Å². The number of hydrogen-bond acceptors (Lipinski definition) is 3. The number of hydrogen-bond donors (Lipinski definition) is 0. The van der Waals surface area contributed by atoms with Crippen LogP contribution in [0.4, 0.5) is 0 Å². The van der Waals surface area contributed by atoms with Crippen molar-refractivity contribution in [1.29, 1.82) is 0 Å². The average Bonchev–Trinajstić information content (AvgIpc) is 2.38. The van der Waals surface area contributed by atoms with Gasteiger partial charge in [-0.3, -0.25) is 4.79 Å². The van der Waals surface area contributed by atoms with Crippen LogP contribution in [0.15, 0.2) is 0 Å². The predicted octanol–water partition coefficient (Wildman–Crippen LogP) is 1.30. The van der Waals surface area contributed by atoms with Gasteiger partial charge in [0.2, 0.25) is 0 Å². The van der Waals surface area contributed by atoms with Gasteiger partial charge in [0, 0.05) is 5.75 Å². The smallest absolute Gasteiger partial charge is 0.309 e. The number of thioether (sulfide) groups is 1.